The Morgan fingerprint density at radius 1 is 1.18 bits per heavy atom. The molecule has 0 spiro atoms. The van der Waals surface area contributed by atoms with Crippen molar-refractivity contribution in [2.75, 3.05) is 31.2 Å². The van der Waals surface area contributed by atoms with Gasteiger partial charge in [0.2, 0.25) is 0 Å². The molecule has 2 saturated heterocycles. The Kier molecular flexibility index (Phi) is 6.05. The van der Waals surface area contributed by atoms with Gasteiger partial charge in [0.05, 0.1) is 25.5 Å². The number of halogens is 2. The molecule has 1 saturated carbocycles. The van der Waals surface area contributed by atoms with Crippen LogP contribution in [0.2, 0.25) is 0 Å². The van der Waals surface area contributed by atoms with E-state index in [1.807, 2.05) is 39.6 Å². The number of anilines is 1. The molecule has 4 aliphatic rings. The number of benzene rings is 1. The number of nitrogens with zero attached hydrogens (tertiary/aromatic N) is 6. The zero-order valence-corrected chi connectivity index (χ0v) is 22.9. The van der Waals surface area contributed by atoms with Gasteiger partial charge in [0.1, 0.15) is 12.2 Å². The Hall–Kier alpha value is -3.24. The Morgan fingerprint density at radius 3 is 2.67 bits per heavy atom. The van der Waals surface area contributed by atoms with Crippen LogP contribution in [0.5, 0.6) is 0 Å². The second-order valence-corrected chi connectivity index (χ2v) is 12.2. The first-order valence-electron chi connectivity index (χ1n) is 14.2. The topological polar surface area (TPSA) is 76.4 Å². The molecule has 0 radical (unpaired) electrons. The fraction of sp³-hybridized carbons (Fsp3) is 0.533. The van der Waals surface area contributed by atoms with Crippen molar-refractivity contribution in [3.8, 4) is 0 Å². The van der Waals surface area contributed by atoms with Gasteiger partial charge in [-0.3, -0.25) is 14.7 Å². The molecular formula is C30H34F2N6O2. The highest BCUT2D eigenvalue weighted by molar-refractivity contribution is 6.10. The molecule has 2 aromatic heterocycles. The summed E-state index contributed by atoms with van der Waals surface area (Å²) >= 11 is 0. The molecule has 0 unspecified atom stereocenters. The lowest BCUT2D eigenvalue weighted by Gasteiger charge is -2.42. The number of aryl methyl sites for hydroxylation is 1. The molecule has 1 aliphatic carbocycles. The van der Waals surface area contributed by atoms with Crippen molar-refractivity contribution in [3.05, 3.63) is 70.6 Å². The third-order valence-corrected chi connectivity index (χ3v) is 9.19. The van der Waals surface area contributed by atoms with Crippen molar-refractivity contribution in [1.82, 2.24) is 24.6 Å². The largest absolute Gasteiger partial charge is 0.379 e. The number of likely N-dealkylation sites (tertiary alicyclic amines) is 1. The van der Waals surface area contributed by atoms with Crippen LogP contribution in [-0.4, -0.2) is 62.8 Å². The molecular weight excluding hydrogens is 514 g/mol. The van der Waals surface area contributed by atoms with Crippen LogP contribution >= 0.6 is 0 Å². The molecule has 1 aromatic carbocycles. The molecule has 8 nitrogen and oxygen atoms in total. The highest BCUT2D eigenvalue weighted by atomic mass is 19.3. The van der Waals surface area contributed by atoms with Crippen LogP contribution in [0.25, 0.3) is 0 Å². The zero-order chi connectivity index (χ0) is 27.6. The highest BCUT2D eigenvalue weighted by Crippen LogP contribution is 2.45. The number of fused-ring (bicyclic) bond motifs is 1. The van der Waals surface area contributed by atoms with E-state index in [0.717, 1.165) is 46.9 Å². The number of pyridine rings is 1. The molecule has 40 heavy (non-hydrogen) atoms. The first-order chi connectivity index (χ1) is 19.2. The van der Waals surface area contributed by atoms with E-state index in [-0.39, 0.29) is 17.7 Å². The van der Waals surface area contributed by atoms with Crippen molar-refractivity contribution in [2.45, 2.75) is 63.0 Å². The number of alkyl halides is 2. The third kappa shape index (κ3) is 4.41. The van der Waals surface area contributed by atoms with Crippen LogP contribution in [-0.2, 0) is 36.7 Å². The summed E-state index contributed by atoms with van der Waals surface area (Å²) in [6, 6.07) is 10.1. The Bertz CT molecular complexity index is 1460. The molecule has 1 amide bonds. The maximum absolute atomic E-state index is 14.1. The lowest BCUT2D eigenvalue weighted by molar-refractivity contribution is -0.100. The van der Waals surface area contributed by atoms with Gasteiger partial charge in [0.15, 0.2) is 0 Å². The summed E-state index contributed by atoms with van der Waals surface area (Å²) in [6.45, 7) is 4.45. The smallest absolute Gasteiger partial charge is 0.259 e. The molecule has 10 heteroatoms. The minimum absolute atomic E-state index is 0.0246. The second kappa shape index (κ2) is 9.41. The van der Waals surface area contributed by atoms with Gasteiger partial charge < -0.3 is 14.2 Å². The molecule has 0 N–H and O–H groups in total. The van der Waals surface area contributed by atoms with Crippen molar-refractivity contribution in [2.24, 2.45) is 13.0 Å². The summed E-state index contributed by atoms with van der Waals surface area (Å²) in [5, 5.41) is 8.32. The molecule has 7 rings (SSSR count). The van der Waals surface area contributed by atoms with E-state index in [9.17, 15) is 13.6 Å². The molecule has 3 aromatic rings. The molecule has 3 fully saturated rings. The van der Waals surface area contributed by atoms with E-state index in [0.29, 0.717) is 57.3 Å². The van der Waals surface area contributed by atoms with Crippen molar-refractivity contribution in [1.29, 1.82) is 0 Å². The number of rotatable bonds is 7. The number of hydrogen-bond acceptors (Lipinski definition) is 6. The molecule has 210 valence electrons. The van der Waals surface area contributed by atoms with E-state index >= 15 is 0 Å². The van der Waals surface area contributed by atoms with Gasteiger partial charge in [0, 0.05) is 79.3 Å². The highest BCUT2D eigenvalue weighted by Gasteiger charge is 2.44. The summed E-state index contributed by atoms with van der Waals surface area (Å²) in [7, 11) is 1.94. The Morgan fingerprint density at radius 2 is 2.00 bits per heavy atom. The molecule has 1 atom stereocenters. The van der Waals surface area contributed by atoms with E-state index < -0.39 is 11.8 Å². The van der Waals surface area contributed by atoms with Gasteiger partial charge in [-0.15, -0.1) is 10.2 Å². The maximum Gasteiger partial charge on any atom is 0.259 e. The van der Waals surface area contributed by atoms with Crippen LogP contribution in [0.3, 0.4) is 0 Å². The summed E-state index contributed by atoms with van der Waals surface area (Å²) in [6.07, 6.45) is 4.43. The quantitative estimate of drug-likeness (QED) is 0.440. The Balaban J connectivity index is 1.16. The lowest BCUT2D eigenvalue weighted by Crippen LogP contribution is -2.49. The average Bonchev–Trinajstić information content (AvgIpc) is 3.60. The summed E-state index contributed by atoms with van der Waals surface area (Å²) < 4.78 is 35.7. The second-order valence-electron chi connectivity index (χ2n) is 12.2. The van der Waals surface area contributed by atoms with Crippen molar-refractivity contribution >= 4 is 11.6 Å². The standard InChI is InChI=1S/C30H34F2N6O2/c1-19-13-37(9-8-30(19,31)32)14-22-11-24-25(27(34-22)20-6-7-20)15-38(28(24)39)23-5-3-4-21(10-23)29(16-40-17-29)12-26-35-33-18-36(26)2/h3-5,10-11,18-20H,6-9,12-17H2,1-2H3/t19-/m1/s1. The maximum atomic E-state index is 14.1. The van der Waals surface area contributed by atoms with E-state index in [1.165, 1.54) is 0 Å². The van der Waals surface area contributed by atoms with Crippen LogP contribution in [0.15, 0.2) is 36.7 Å². The third-order valence-electron chi connectivity index (χ3n) is 9.19. The SMILES string of the molecule is C[C@@H]1CN(Cc2cc3c(c(C4CC4)n2)CN(c2cccc(C4(Cc5nncn5C)COC4)c2)C3=O)CCC1(F)F. The van der Waals surface area contributed by atoms with Crippen LogP contribution < -0.4 is 4.90 Å². The van der Waals surface area contributed by atoms with E-state index in [2.05, 4.69) is 22.3 Å². The normalized spacial score (nSPS) is 23.8. The number of aromatic nitrogens is 4. The monoisotopic (exact) mass is 548 g/mol. The minimum Gasteiger partial charge on any atom is -0.379 e. The first-order valence-corrected chi connectivity index (χ1v) is 14.2. The number of carbonyl (C=O) groups excluding carboxylic acids is 1. The van der Waals surface area contributed by atoms with Gasteiger partial charge in [-0.05, 0) is 36.6 Å². The predicted molar refractivity (Wildman–Crippen MR) is 144 cm³/mol. The molecule has 3 aliphatic heterocycles. The predicted octanol–water partition coefficient (Wildman–Crippen LogP) is 4.24. The van der Waals surface area contributed by atoms with Gasteiger partial charge >= 0.3 is 0 Å². The lowest BCUT2D eigenvalue weighted by atomic mass is 9.75. The molecule has 5 heterocycles. The van der Waals surface area contributed by atoms with E-state index in [4.69, 9.17) is 9.72 Å². The average molecular weight is 549 g/mol. The number of piperidine rings is 1. The number of amides is 1. The Labute approximate surface area is 232 Å². The number of hydrogen-bond donors (Lipinski definition) is 0. The van der Waals surface area contributed by atoms with Gasteiger partial charge in [-0.2, -0.15) is 0 Å². The summed E-state index contributed by atoms with van der Waals surface area (Å²) in [5.74, 6) is -2.06. The van der Waals surface area contributed by atoms with Crippen LogP contribution in [0, 0.1) is 5.92 Å². The van der Waals surface area contributed by atoms with Gasteiger partial charge in [-0.25, -0.2) is 8.78 Å². The summed E-state index contributed by atoms with van der Waals surface area (Å²) in [4.78, 5) is 22.8. The van der Waals surface area contributed by atoms with E-state index in [1.54, 1.807) is 13.3 Å². The van der Waals surface area contributed by atoms with Crippen molar-refractivity contribution in [3.63, 3.8) is 0 Å². The zero-order valence-electron chi connectivity index (χ0n) is 22.9. The number of ether oxygens (including phenoxy) is 1. The van der Waals surface area contributed by atoms with Gasteiger partial charge in [-0.1, -0.05) is 19.1 Å². The minimum atomic E-state index is -2.62. The number of carbonyl (C=O) groups is 1. The fourth-order valence-electron chi connectivity index (χ4n) is 6.39. The van der Waals surface area contributed by atoms with Crippen LogP contribution in [0.1, 0.15) is 70.8 Å². The summed E-state index contributed by atoms with van der Waals surface area (Å²) in [5.41, 5.74) is 5.31. The fourth-order valence-corrected chi connectivity index (χ4v) is 6.39. The van der Waals surface area contributed by atoms with Gasteiger partial charge in [0.25, 0.3) is 11.8 Å². The van der Waals surface area contributed by atoms with Crippen molar-refractivity contribution < 1.29 is 18.3 Å². The first kappa shape index (κ1) is 25.7. The molecule has 0 bridgehead atoms. The van der Waals surface area contributed by atoms with Crippen LogP contribution in [0.4, 0.5) is 14.5 Å².